The standard InChI is InChI=1S/C16H19Cl2N/c17-13-8-14-12(10-19-16(14)15(18)9-13)7-6-11-4-2-1-3-5-11/h8-11,19H,1-7H2. The average molecular weight is 296 g/mol. The van der Waals surface area contributed by atoms with Crippen molar-refractivity contribution in [3.8, 4) is 0 Å². The molecule has 0 aliphatic heterocycles. The maximum atomic E-state index is 6.21. The van der Waals surface area contributed by atoms with E-state index in [2.05, 4.69) is 11.2 Å². The summed E-state index contributed by atoms with van der Waals surface area (Å²) in [6.45, 7) is 0. The monoisotopic (exact) mass is 295 g/mol. The molecule has 1 fully saturated rings. The molecule has 0 atom stereocenters. The van der Waals surface area contributed by atoms with Crippen LogP contribution >= 0.6 is 23.2 Å². The van der Waals surface area contributed by atoms with E-state index in [-0.39, 0.29) is 0 Å². The van der Waals surface area contributed by atoms with Gasteiger partial charge in [0.15, 0.2) is 0 Å². The number of nitrogens with one attached hydrogen (secondary N) is 1. The van der Waals surface area contributed by atoms with Crippen LogP contribution < -0.4 is 0 Å². The van der Waals surface area contributed by atoms with Crippen LogP contribution in [0, 0.1) is 5.92 Å². The van der Waals surface area contributed by atoms with Crippen molar-refractivity contribution in [1.82, 2.24) is 4.98 Å². The molecule has 3 rings (SSSR count). The molecule has 0 bridgehead atoms. The first kappa shape index (κ1) is 13.3. The molecule has 2 aromatic rings. The Balaban J connectivity index is 1.77. The summed E-state index contributed by atoms with van der Waals surface area (Å²) in [6.07, 6.45) is 11.6. The van der Waals surface area contributed by atoms with Crippen LogP contribution in [-0.2, 0) is 6.42 Å². The number of aromatic nitrogens is 1. The molecule has 1 aliphatic rings. The zero-order chi connectivity index (χ0) is 13.2. The van der Waals surface area contributed by atoms with Gasteiger partial charge in [-0.05, 0) is 36.5 Å². The van der Waals surface area contributed by atoms with Crippen LogP contribution in [0.5, 0.6) is 0 Å². The summed E-state index contributed by atoms with van der Waals surface area (Å²) < 4.78 is 0. The number of hydrogen-bond acceptors (Lipinski definition) is 0. The van der Waals surface area contributed by atoms with Crippen molar-refractivity contribution >= 4 is 34.1 Å². The predicted molar refractivity (Wildman–Crippen MR) is 83.2 cm³/mol. The van der Waals surface area contributed by atoms with Crippen molar-refractivity contribution in [2.24, 2.45) is 5.92 Å². The Hall–Kier alpha value is -0.660. The van der Waals surface area contributed by atoms with Gasteiger partial charge in [0.05, 0.1) is 10.5 Å². The molecular weight excluding hydrogens is 277 g/mol. The first-order chi connectivity index (χ1) is 9.24. The Morgan fingerprint density at radius 1 is 1.11 bits per heavy atom. The quantitative estimate of drug-likeness (QED) is 0.716. The molecule has 1 nitrogen and oxygen atoms in total. The van der Waals surface area contributed by atoms with Crippen molar-refractivity contribution in [3.05, 3.63) is 33.9 Å². The van der Waals surface area contributed by atoms with Crippen molar-refractivity contribution < 1.29 is 0 Å². The molecule has 3 heteroatoms. The Kier molecular flexibility index (Phi) is 4.04. The maximum Gasteiger partial charge on any atom is 0.0661 e. The Morgan fingerprint density at radius 3 is 2.68 bits per heavy atom. The SMILES string of the molecule is Clc1cc(Cl)c2[nH]cc(CCC3CCCCC3)c2c1. The normalized spacial score (nSPS) is 17.2. The van der Waals surface area contributed by atoms with Crippen LogP contribution in [0.2, 0.25) is 10.0 Å². The van der Waals surface area contributed by atoms with Gasteiger partial charge in [-0.2, -0.15) is 0 Å². The minimum absolute atomic E-state index is 0.714. The molecule has 1 aromatic carbocycles. The summed E-state index contributed by atoms with van der Waals surface area (Å²) in [5.74, 6) is 0.911. The number of aromatic amines is 1. The molecule has 1 N–H and O–H groups in total. The van der Waals surface area contributed by atoms with E-state index in [0.29, 0.717) is 5.02 Å². The molecule has 102 valence electrons. The number of rotatable bonds is 3. The van der Waals surface area contributed by atoms with E-state index < -0.39 is 0 Å². The Morgan fingerprint density at radius 2 is 1.89 bits per heavy atom. The molecule has 1 saturated carbocycles. The fourth-order valence-electron chi connectivity index (χ4n) is 3.25. The second-order valence-electron chi connectivity index (χ2n) is 5.67. The highest BCUT2D eigenvalue weighted by Gasteiger charge is 2.15. The zero-order valence-electron chi connectivity index (χ0n) is 11.0. The van der Waals surface area contributed by atoms with Gasteiger partial charge in [0.2, 0.25) is 0 Å². The Bertz CT molecular complexity index is 567. The smallest absolute Gasteiger partial charge is 0.0661 e. The van der Waals surface area contributed by atoms with Gasteiger partial charge < -0.3 is 4.98 Å². The third kappa shape index (κ3) is 2.93. The Labute approximate surface area is 124 Å². The number of fused-ring (bicyclic) bond motifs is 1. The second kappa shape index (κ2) is 5.76. The average Bonchev–Trinajstić information content (AvgIpc) is 2.81. The minimum Gasteiger partial charge on any atom is -0.360 e. The van der Waals surface area contributed by atoms with Gasteiger partial charge in [0, 0.05) is 16.6 Å². The molecule has 0 saturated heterocycles. The fourth-order valence-corrected chi connectivity index (χ4v) is 3.80. The number of benzene rings is 1. The lowest BCUT2D eigenvalue weighted by molar-refractivity contribution is 0.339. The van der Waals surface area contributed by atoms with E-state index >= 15 is 0 Å². The molecule has 1 aromatic heterocycles. The summed E-state index contributed by atoms with van der Waals surface area (Å²) >= 11 is 12.3. The number of aryl methyl sites for hydroxylation is 1. The molecule has 0 radical (unpaired) electrons. The zero-order valence-corrected chi connectivity index (χ0v) is 12.5. The lowest BCUT2D eigenvalue weighted by atomic mass is 9.85. The third-order valence-corrected chi connectivity index (χ3v) is 4.85. The highest BCUT2D eigenvalue weighted by molar-refractivity contribution is 6.38. The van der Waals surface area contributed by atoms with Gasteiger partial charge in [0.25, 0.3) is 0 Å². The van der Waals surface area contributed by atoms with Gasteiger partial charge >= 0.3 is 0 Å². The van der Waals surface area contributed by atoms with E-state index in [1.165, 1.54) is 49.5 Å². The fraction of sp³-hybridized carbons (Fsp3) is 0.500. The second-order valence-corrected chi connectivity index (χ2v) is 6.51. The summed E-state index contributed by atoms with van der Waals surface area (Å²) in [5.41, 5.74) is 2.37. The highest BCUT2D eigenvalue weighted by Crippen LogP contribution is 2.32. The van der Waals surface area contributed by atoms with Crippen LogP contribution in [0.1, 0.15) is 44.1 Å². The molecule has 1 heterocycles. The number of halogens is 2. The number of hydrogen-bond donors (Lipinski definition) is 1. The lowest BCUT2D eigenvalue weighted by Crippen LogP contribution is -2.07. The van der Waals surface area contributed by atoms with E-state index in [1.54, 1.807) is 6.07 Å². The topological polar surface area (TPSA) is 15.8 Å². The number of H-pyrrole nitrogens is 1. The molecular formula is C16H19Cl2N. The summed E-state index contributed by atoms with van der Waals surface area (Å²) in [6, 6.07) is 3.82. The van der Waals surface area contributed by atoms with Crippen LogP contribution in [0.25, 0.3) is 10.9 Å². The van der Waals surface area contributed by atoms with Crippen LogP contribution in [0.3, 0.4) is 0 Å². The first-order valence-electron chi connectivity index (χ1n) is 7.19. The highest BCUT2D eigenvalue weighted by atomic mass is 35.5. The molecule has 19 heavy (non-hydrogen) atoms. The van der Waals surface area contributed by atoms with Crippen LogP contribution in [0.15, 0.2) is 18.3 Å². The van der Waals surface area contributed by atoms with Gasteiger partial charge in [-0.15, -0.1) is 0 Å². The van der Waals surface area contributed by atoms with E-state index in [1.807, 2.05) is 6.07 Å². The van der Waals surface area contributed by atoms with Crippen molar-refractivity contribution in [1.29, 1.82) is 0 Å². The third-order valence-electron chi connectivity index (χ3n) is 4.34. The molecule has 0 unspecified atom stereocenters. The van der Waals surface area contributed by atoms with Crippen LogP contribution in [-0.4, -0.2) is 4.98 Å². The van der Waals surface area contributed by atoms with E-state index in [4.69, 9.17) is 23.2 Å². The summed E-state index contributed by atoms with van der Waals surface area (Å²) in [7, 11) is 0. The maximum absolute atomic E-state index is 6.21. The van der Waals surface area contributed by atoms with E-state index in [9.17, 15) is 0 Å². The minimum atomic E-state index is 0.714. The molecule has 0 amide bonds. The van der Waals surface area contributed by atoms with Gasteiger partial charge in [-0.1, -0.05) is 55.3 Å². The van der Waals surface area contributed by atoms with Gasteiger partial charge in [-0.3, -0.25) is 0 Å². The van der Waals surface area contributed by atoms with Gasteiger partial charge in [0.1, 0.15) is 0 Å². The van der Waals surface area contributed by atoms with Crippen molar-refractivity contribution in [2.75, 3.05) is 0 Å². The molecule has 1 aliphatic carbocycles. The lowest BCUT2D eigenvalue weighted by Gasteiger charge is -2.21. The summed E-state index contributed by atoms with van der Waals surface area (Å²) in [5, 5.41) is 2.62. The summed E-state index contributed by atoms with van der Waals surface area (Å²) in [4.78, 5) is 3.28. The largest absolute Gasteiger partial charge is 0.360 e. The first-order valence-corrected chi connectivity index (χ1v) is 7.94. The predicted octanol–water partition coefficient (Wildman–Crippen LogP) is 5.99. The van der Waals surface area contributed by atoms with Crippen molar-refractivity contribution in [2.45, 2.75) is 44.9 Å². The van der Waals surface area contributed by atoms with E-state index in [0.717, 1.165) is 22.9 Å². The van der Waals surface area contributed by atoms with Crippen LogP contribution in [0.4, 0.5) is 0 Å². The molecule has 0 spiro atoms. The van der Waals surface area contributed by atoms with Crippen molar-refractivity contribution in [3.63, 3.8) is 0 Å². The van der Waals surface area contributed by atoms with Gasteiger partial charge in [-0.25, -0.2) is 0 Å².